The average Bonchev–Trinajstić information content (AvgIpc) is 3.21. The summed E-state index contributed by atoms with van der Waals surface area (Å²) in [5.41, 5.74) is 4.30. The lowest BCUT2D eigenvalue weighted by molar-refractivity contribution is 0.0945. The molecule has 0 aliphatic carbocycles. The molecule has 2 heterocycles. The first-order valence-corrected chi connectivity index (χ1v) is 9.02. The highest BCUT2D eigenvalue weighted by molar-refractivity contribution is 5.94. The lowest BCUT2D eigenvalue weighted by atomic mass is 10.1. The maximum absolute atomic E-state index is 12.7. The van der Waals surface area contributed by atoms with Gasteiger partial charge in [0.15, 0.2) is 5.76 Å². The summed E-state index contributed by atoms with van der Waals surface area (Å²) in [5.74, 6) is 1.35. The summed E-state index contributed by atoms with van der Waals surface area (Å²) in [4.78, 5) is 12.7. The number of benzene rings is 1. The molecule has 0 unspecified atom stereocenters. The Bertz CT molecular complexity index is 921. The number of hydrogen-bond acceptors (Lipinski definition) is 3. The van der Waals surface area contributed by atoms with Crippen LogP contribution in [0.2, 0.25) is 0 Å². The van der Waals surface area contributed by atoms with E-state index in [1.807, 2.05) is 38.1 Å². The van der Waals surface area contributed by atoms with Gasteiger partial charge in [-0.15, -0.1) is 0 Å². The first-order chi connectivity index (χ1) is 12.5. The minimum atomic E-state index is -0.125. The molecule has 0 atom stereocenters. The molecule has 1 aromatic carbocycles. The molecular weight excluding hydrogens is 326 g/mol. The van der Waals surface area contributed by atoms with E-state index >= 15 is 0 Å². The standard InChI is InChI=1S/C21H25N3O2/c1-5-6-11-22-21(25)19-13-17(20-10-8-16(4)26-20)23-24(19)18-9-7-14(2)12-15(18)3/h7-10,12-13H,5-6,11H2,1-4H3,(H,22,25). The monoisotopic (exact) mass is 351 g/mol. The van der Waals surface area contributed by atoms with Crippen LogP contribution in [-0.2, 0) is 0 Å². The maximum Gasteiger partial charge on any atom is 0.270 e. The fourth-order valence-electron chi connectivity index (χ4n) is 2.93. The largest absolute Gasteiger partial charge is 0.460 e. The van der Waals surface area contributed by atoms with Crippen molar-refractivity contribution in [3.63, 3.8) is 0 Å². The van der Waals surface area contributed by atoms with E-state index in [1.54, 1.807) is 10.7 Å². The number of rotatable bonds is 6. The highest BCUT2D eigenvalue weighted by Gasteiger charge is 2.19. The van der Waals surface area contributed by atoms with Gasteiger partial charge in [-0.2, -0.15) is 5.10 Å². The van der Waals surface area contributed by atoms with Crippen LogP contribution in [0.1, 0.15) is 47.1 Å². The van der Waals surface area contributed by atoms with E-state index in [2.05, 4.69) is 30.3 Å². The summed E-state index contributed by atoms with van der Waals surface area (Å²) in [6.45, 7) is 8.73. The Balaban J connectivity index is 2.05. The third-order valence-corrected chi connectivity index (χ3v) is 4.33. The first-order valence-electron chi connectivity index (χ1n) is 9.02. The molecule has 0 fully saturated rings. The number of aryl methyl sites for hydroxylation is 3. The van der Waals surface area contributed by atoms with Crippen molar-refractivity contribution in [3.8, 4) is 17.1 Å². The molecule has 26 heavy (non-hydrogen) atoms. The van der Waals surface area contributed by atoms with Crippen LogP contribution < -0.4 is 5.32 Å². The molecule has 0 radical (unpaired) electrons. The quantitative estimate of drug-likeness (QED) is 0.661. The van der Waals surface area contributed by atoms with Gasteiger partial charge in [0.2, 0.25) is 0 Å². The van der Waals surface area contributed by atoms with Gasteiger partial charge in [0.25, 0.3) is 5.91 Å². The smallest absolute Gasteiger partial charge is 0.270 e. The van der Waals surface area contributed by atoms with E-state index in [9.17, 15) is 4.79 Å². The second kappa shape index (κ2) is 7.60. The first kappa shape index (κ1) is 18.0. The van der Waals surface area contributed by atoms with E-state index in [0.29, 0.717) is 23.7 Å². The third-order valence-electron chi connectivity index (χ3n) is 4.33. The van der Waals surface area contributed by atoms with Gasteiger partial charge >= 0.3 is 0 Å². The van der Waals surface area contributed by atoms with E-state index in [-0.39, 0.29) is 5.91 Å². The molecule has 136 valence electrons. The molecule has 0 aliphatic rings. The molecule has 0 spiro atoms. The normalized spacial score (nSPS) is 10.9. The van der Waals surface area contributed by atoms with Crippen LogP contribution in [-0.4, -0.2) is 22.2 Å². The molecule has 5 heteroatoms. The van der Waals surface area contributed by atoms with Gasteiger partial charge in [-0.05, 0) is 51.0 Å². The minimum Gasteiger partial charge on any atom is -0.460 e. The highest BCUT2D eigenvalue weighted by atomic mass is 16.3. The zero-order chi connectivity index (χ0) is 18.7. The van der Waals surface area contributed by atoms with Gasteiger partial charge in [0, 0.05) is 12.6 Å². The molecule has 0 bridgehead atoms. The number of carbonyl (C=O) groups is 1. The summed E-state index contributed by atoms with van der Waals surface area (Å²) in [6.07, 6.45) is 1.99. The van der Waals surface area contributed by atoms with Gasteiger partial charge in [-0.25, -0.2) is 4.68 Å². The molecule has 0 saturated carbocycles. The summed E-state index contributed by atoms with van der Waals surface area (Å²) < 4.78 is 7.41. The number of nitrogens with one attached hydrogen (secondary N) is 1. The molecule has 2 aromatic heterocycles. The number of nitrogens with zero attached hydrogens (tertiary/aromatic N) is 2. The van der Waals surface area contributed by atoms with Crippen molar-refractivity contribution in [2.24, 2.45) is 0 Å². The van der Waals surface area contributed by atoms with E-state index in [1.165, 1.54) is 5.56 Å². The zero-order valence-corrected chi connectivity index (χ0v) is 15.8. The summed E-state index contributed by atoms with van der Waals surface area (Å²) >= 11 is 0. The van der Waals surface area contributed by atoms with Crippen LogP contribution in [0, 0.1) is 20.8 Å². The van der Waals surface area contributed by atoms with Crippen molar-refractivity contribution in [1.29, 1.82) is 0 Å². The topological polar surface area (TPSA) is 60.1 Å². The third kappa shape index (κ3) is 3.72. The van der Waals surface area contributed by atoms with Crippen LogP contribution >= 0.6 is 0 Å². The molecule has 0 saturated heterocycles. The van der Waals surface area contributed by atoms with Crippen LogP contribution in [0.4, 0.5) is 0 Å². The summed E-state index contributed by atoms with van der Waals surface area (Å²) in [6, 6.07) is 11.7. The van der Waals surface area contributed by atoms with Crippen molar-refractivity contribution in [2.45, 2.75) is 40.5 Å². The number of hydrogen-bond donors (Lipinski definition) is 1. The van der Waals surface area contributed by atoms with E-state index in [4.69, 9.17) is 4.42 Å². The van der Waals surface area contributed by atoms with E-state index < -0.39 is 0 Å². The number of aromatic nitrogens is 2. The number of amides is 1. The number of carbonyl (C=O) groups excluding carboxylic acids is 1. The lowest BCUT2D eigenvalue weighted by Gasteiger charge is -2.11. The van der Waals surface area contributed by atoms with Gasteiger partial charge in [-0.1, -0.05) is 31.0 Å². The van der Waals surface area contributed by atoms with Crippen molar-refractivity contribution >= 4 is 5.91 Å². The number of unbranched alkanes of at least 4 members (excludes halogenated alkanes) is 1. The predicted octanol–water partition coefficient (Wildman–Crippen LogP) is 4.59. The summed E-state index contributed by atoms with van der Waals surface area (Å²) in [7, 11) is 0. The molecule has 5 nitrogen and oxygen atoms in total. The molecule has 3 rings (SSSR count). The van der Waals surface area contributed by atoms with Crippen LogP contribution in [0.3, 0.4) is 0 Å². The van der Waals surface area contributed by atoms with Crippen molar-refractivity contribution in [3.05, 3.63) is 59.0 Å². The Labute approximate surface area is 154 Å². The second-order valence-corrected chi connectivity index (χ2v) is 6.64. The SMILES string of the molecule is CCCCNC(=O)c1cc(-c2ccc(C)o2)nn1-c1ccc(C)cc1C. The van der Waals surface area contributed by atoms with Crippen LogP contribution in [0.5, 0.6) is 0 Å². The summed E-state index contributed by atoms with van der Waals surface area (Å²) in [5, 5.41) is 7.65. The molecule has 3 aromatic rings. The Kier molecular flexibility index (Phi) is 5.26. The van der Waals surface area contributed by atoms with Gasteiger partial charge in [-0.3, -0.25) is 4.79 Å². The predicted molar refractivity (Wildman–Crippen MR) is 103 cm³/mol. The molecular formula is C21H25N3O2. The fraction of sp³-hybridized carbons (Fsp3) is 0.333. The second-order valence-electron chi connectivity index (χ2n) is 6.64. The highest BCUT2D eigenvalue weighted by Crippen LogP contribution is 2.25. The molecule has 0 aliphatic heterocycles. The van der Waals surface area contributed by atoms with Crippen molar-refractivity contribution in [2.75, 3.05) is 6.54 Å². The zero-order valence-electron chi connectivity index (χ0n) is 15.8. The minimum absolute atomic E-state index is 0.125. The van der Waals surface area contributed by atoms with Crippen LogP contribution in [0.15, 0.2) is 40.8 Å². The Morgan fingerprint density at radius 1 is 1.15 bits per heavy atom. The van der Waals surface area contributed by atoms with Gasteiger partial charge in [0.05, 0.1) is 5.69 Å². The molecule has 1 N–H and O–H groups in total. The Morgan fingerprint density at radius 3 is 2.62 bits per heavy atom. The maximum atomic E-state index is 12.7. The van der Waals surface area contributed by atoms with Gasteiger partial charge in [0.1, 0.15) is 17.1 Å². The van der Waals surface area contributed by atoms with Gasteiger partial charge < -0.3 is 9.73 Å². The van der Waals surface area contributed by atoms with Crippen molar-refractivity contribution in [1.82, 2.24) is 15.1 Å². The fourth-order valence-corrected chi connectivity index (χ4v) is 2.93. The Hall–Kier alpha value is -2.82. The van der Waals surface area contributed by atoms with E-state index in [0.717, 1.165) is 29.9 Å². The number of furan rings is 1. The van der Waals surface area contributed by atoms with Crippen LogP contribution in [0.25, 0.3) is 17.1 Å². The lowest BCUT2D eigenvalue weighted by Crippen LogP contribution is -2.26. The van der Waals surface area contributed by atoms with Crippen molar-refractivity contribution < 1.29 is 9.21 Å². The average molecular weight is 351 g/mol. The molecule has 1 amide bonds. The Morgan fingerprint density at radius 2 is 1.96 bits per heavy atom.